The Morgan fingerprint density at radius 3 is 2.47 bits per heavy atom. The number of rotatable bonds is 6. The Balaban J connectivity index is 2.69. The van der Waals surface area contributed by atoms with Gasteiger partial charge in [0.05, 0.1) is 18.1 Å². The number of nitrogens with zero attached hydrogens (tertiary/aromatic N) is 1. The second-order valence-electron chi connectivity index (χ2n) is 5.19. The number of methoxy groups -OCH3 is 1. The summed E-state index contributed by atoms with van der Waals surface area (Å²) < 4.78 is 28.2. The van der Waals surface area contributed by atoms with Crippen molar-refractivity contribution in [3.63, 3.8) is 0 Å². The quantitative estimate of drug-likeness (QED) is 0.714. The fraction of sp³-hybridized carbons (Fsp3) is 1.00. The minimum atomic E-state index is -2.96. The summed E-state index contributed by atoms with van der Waals surface area (Å²) in [4.78, 5) is 2.16. The van der Waals surface area contributed by atoms with Gasteiger partial charge in [0.15, 0.2) is 9.84 Å². The first-order valence-corrected chi connectivity index (χ1v) is 7.87. The number of hydrogen-bond donors (Lipinski definition) is 1. The number of nitrogens with two attached hydrogens (primary N) is 1. The van der Waals surface area contributed by atoms with Gasteiger partial charge >= 0.3 is 0 Å². The predicted molar refractivity (Wildman–Crippen MR) is 68.7 cm³/mol. The van der Waals surface area contributed by atoms with Crippen molar-refractivity contribution < 1.29 is 13.2 Å². The zero-order chi connectivity index (χ0) is 13.1. The molecular formula is C11H24N2O3S. The Kier molecular flexibility index (Phi) is 5.37. The van der Waals surface area contributed by atoms with Gasteiger partial charge in [0.2, 0.25) is 0 Å². The van der Waals surface area contributed by atoms with Crippen molar-refractivity contribution in [3.8, 4) is 0 Å². The molecule has 2 N–H and O–H groups in total. The van der Waals surface area contributed by atoms with Gasteiger partial charge in [-0.25, -0.2) is 8.42 Å². The molecule has 1 heterocycles. The monoisotopic (exact) mass is 264 g/mol. The molecule has 0 aromatic carbocycles. The average molecular weight is 264 g/mol. The Labute approximate surface area is 104 Å². The first-order chi connectivity index (χ1) is 7.85. The summed E-state index contributed by atoms with van der Waals surface area (Å²) in [5.74, 6) is 0.784. The van der Waals surface area contributed by atoms with Gasteiger partial charge < -0.3 is 10.5 Å². The van der Waals surface area contributed by atoms with Crippen molar-refractivity contribution in [1.82, 2.24) is 4.90 Å². The maximum Gasteiger partial charge on any atom is 0.153 e. The lowest BCUT2D eigenvalue weighted by Crippen LogP contribution is -2.49. The average Bonchev–Trinajstić information content (AvgIpc) is 2.46. The van der Waals surface area contributed by atoms with Crippen molar-refractivity contribution in [1.29, 1.82) is 0 Å². The summed E-state index contributed by atoms with van der Waals surface area (Å²) in [5, 5.41) is 0. The second-order valence-corrected chi connectivity index (χ2v) is 7.34. The lowest BCUT2D eigenvalue weighted by atomic mass is 10.1. The molecule has 0 amide bonds. The number of hydrogen-bond acceptors (Lipinski definition) is 5. The summed E-state index contributed by atoms with van der Waals surface area (Å²) in [6, 6.07) is -0.326. The summed E-state index contributed by atoms with van der Waals surface area (Å²) in [6.07, 6.45) is 0. The molecule has 0 spiro atoms. The van der Waals surface area contributed by atoms with Crippen LogP contribution in [0.15, 0.2) is 0 Å². The highest BCUT2D eigenvalue weighted by Crippen LogP contribution is 2.18. The van der Waals surface area contributed by atoms with Crippen molar-refractivity contribution in [2.45, 2.75) is 25.9 Å². The molecule has 102 valence electrons. The van der Waals surface area contributed by atoms with E-state index in [0.29, 0.717) is 12.5 Å². The molecule has 1 rings (SSSR count). The zero-order valence-corrected chi connectivity index (χ0v) is 11.7. The highest BCUT2D eigenvalue weighted by molar-refractivity contribution is 7.91. The van der Waals surface area contributed by atoms with Crippen LogP contribution >= 0.6 is 0 Å². The van der Waals surface area contributed by atoms with E-state index in [-0.39, 0.29) is 23.6 Å². The fourth-order valence-corrected chi connectivity index (χ4v) is 4.23. The Hall–Kier alpha value is -0.170. The van der Waals surface area contributed by atoms with Crippen molar-refractivity contribution in [2.75, 3.05) is 38.3 Å². The minimum absolute atomic E-state index is 0.0578. The van der Waals surface area contributed by atoms with Crippen LogP contribution in [-0.4, -0.2) is 63.7 Å². The molecule has 0 saturated carbocycles. The zero-order valence-electron chi connectivity index (χ0n) is 10.9. The molecule has 0 radical (unpaired) electrons. The van der Waals surface area contributed by atoms with E-state index in [1.807, 2.05) is 0 Å². The third-order valence-corrected chi connectivity index (χ3v) is 4.76. The topological polar surface area (TPSA) is 72.6 Å². The first-order valence-electron chi connectivity index (χ1n) is 6.04. The molecule has 1 aliphatic rings. The van der Waals surface area contributed by atoms with Crippen LogP contribution in [0.3, 0.4) is 0 Å². The molecule has 2 unspecified atom stereocenters. The fourth-order valence-electron chi connectivity index (χ4n) is 2.30. The summed E-state index contributed by atoms with van der Waals surface area (Å²) in [6.45, 7) is 6.44. The predicted octanol–water partition coefficient (Wildman–Crippen LogP) is -0.285. The molecule has 0 aromatic rings. The van der Waals surface area contributed by atoms with Gasteiger partial charge in [-0.2, -0.15) is 0 Å². The Bertz CT molecular complexity index is 330. The van der Waals surface area contributed by atoms with Crippen LogP contribution in [0.1, 0.15) is 13.8 Å². The van der Waals surface area contributed by atoms with Crippen molar-refractivity contribution in [3.05, 3.63) is 0 Å². The largest absolute Gasteiger partial charge is 0.383 e. The minimum Gasteiger partial charge on any atom is -0.383 e. The lowest BCUT2D eigenvalue weighted by Gasteiger charge is -2.31. The molecular weight excluding hydrogens is 240 g/mol. The van der Waals surface area contributed by atoms with E-state index < -0.39 is 9.84 Å². The molecule has 0 aliphatic carbocycles. The van der Waals surface area contributed by atoms with E-state index in [4.69, 9.17) is 10.5 Å². The normalized spacial score (nSPS) is 28.1. The molecule has 17 heavy (non-hydrogen) atoms. The van der Waals surface area contributed by atoms with Gasteiger partial charge in [-0.05, 0) is 5.92 Å². The maximum atomic E-state index is 11.6. The standard InChI is InChI=1S/C11H24N2O3S/c1-9(2)6-13(4-5-16-3)11-8-17(14,15)7-10(11)12/h9-11H,4-8,12H2,1-3H3. The highest BCUT2D eigenvalue weighted by atomic mass is 32.2. The smallest absolute Gasteiger partial charge is 0.153 e. The third kappa shape index (κ3) is 4.54. The Morgan fingerprint density at radius 1 is 1.41 bits per heavy atom. The van der Waals surface area contributed by atoms with Crippen LogP contribution in [0.25, 0.3) is 0 Å². The molecule has 1 aliphatic heterocycles. The molecule has 5 nitrogen and oxygen atoms in total. The van der Waals surface area contributed by atoms with E-state index in [1.54, 1.807) is 7.11 Å². The molecule has 0 aromatic heterocycles. The van der Waals surface area contributed by atoms with Gasteiger partial charge in [-0.1, -0.05) is 13.8 Å². The van der Waals surface area contributed by atoms with E-state index in [9.17, 15) is 8.42 Å². The van der Waals surface area contributed by atoms with Gasteiger partial charge in [0, 0.05) is 32.3 Å². The van der Waals surface area contributed by atoms with E-state index in [1.165, 1.54) is 0 Å². The van der Waals surface area contributed by atoms with Gasteiger partial charge in [-0.3, -0.25) is 4.90 Å². The van der Waals surface area contributed by atoms with Gasteiger partial charge in [-0.15, -0.1) is 0 Å². The van der Waals surface area contributed by atoms with Crippen LogP contribution in [0, 0.1) is 5.92 Å². The van der Waals surface area contributed by atoms with Crippen molar-refractivity contribution >= 4 is 9.84 Å². The highest BCUT2D eigenvalue weighted by Gasteiger charge is 2.38. The lowest BCUT2D eigenvalue weighted by molar-refractivity contribution is 0.112. The molecule has 1 fully saturated rings. The molecule has 1 saturated heterocycles. The van der Waals surface area contributed by atoms with Crippen LogP contribution in [-0.2, 0) is 14.6 Å². The van der Waals surface area contributed by atoms with Gasteiger partial charge in [0.1, 0.15) is 0 Å². The number of ether oxygens (including phenoxy) is 1. The van der Waals surface area contributed by atoms with Crippen LogP contribution < -0.4 is 5.73 Å². The SMILES string of the molecule is COCCN(CC(C)C)C1CS(=O)(=O)CC1N. The summed E-state index contributed by atoms with van der Waals surface area (Å²) in [5.41, 5.74) is 5.94. The maximum absolute atomic E-state index is 11.6. The van der Waals surface area contributed by atoms with E-state index in [2.05, 4.69) is 18.7 Å². The first kappa shape index (κ1) is 14.9. The summed E-state index contributed by atoms with van der Waals surface area (Å²) in [7, 11) is -1.31. The molecule has 0 bridgehead atoms. The third-order valence-electron chi connectivity index (χ3n) is 3.02. The van der Waals surface area contributed by atoms with Crippen molar-refractivity contribution in [2.24, 2.45) is 11.7 Å². The van der Waals surface area contributed by atoms with Crippen LogP contribution in [0.2, 0.25) is 0 Å². The Morgan fingerprint density at radius 2 is 2.06 bits per heavy atom. The van der Waals surface area contributed by atoms with Crippen LogP contribution in [0.5, 0.6) is 0 Å². The summed E-state index contributed by atoms with van der Waals surface area (Å²) >= 11 is 0. The molecule has 2 atom stereocenters. The van der Waals surface area contributed by atoms with Crippen LogP contribution in [0.4, 0.5) is 0 Å². The number of sulfone groups is 1. The second kappa shape index (κ2) is 6.13. The van der Waals surface area contributed by atoms with E-state index >= 15 is 0 Å². The molecule has 6 heteroatoms. The van der Waals surface area contributed by atoms with Gasteiger partial charge in [0.25, 0.3) is 0 Å². The van der Waals surface area contributed by atoms with E-state index in [0.717, 1.165) is 13.1 Å².